The van der Waals surface area contributed by atoms with Crippen molar-refractivity contribution >= 4 is 38.7 Å². The van der Waals surface area contributed by atoms with Crippen LogP contribution in [0.15, 0.2) is 30.5 Å². The molecule has 1 fully saturated rings. The van der Waals surface area contributed by atoms with Crippen LogP contribution >= 0.6 is 11.3 Å². The van der Waals surface area contributed by atoms with Crippen LogP contribution in [0, 0.1) is 12.8 Å². The molecule has 2 aliphatic rings. The molecule has 0 radical (unpaired) electrons. The van der Waals surface area contributed by atoms with E-state index in [2.05, 4.69) is 21.4 Å². The predicted octanol–water partition coefficient (Wildman–Crippen LogP) is 4.29. The van der Waals surface area contributed by atoms with Crippen molar-refractivity contribution in [1.82, 2.24) is 20.3 Å². The van der Waals surface area contributed by atoms with Crippen LogP contribution in [0.4, 0.5) is 4.79 Å². The molecule has 2 aromatic heterocycles. The minimum absolute atomic E-state index is 0.156. The Morgan fingerprint density at radius 1 is 1.25 bits per heavy atom. The van der Waals surface area contributed by atoms with Crippen molar-refractivity contribution in [2.75, 3.05) is 33.5 Å². The van der Waals surface area contributed by atoms with E-state index < -0.39 is 6.09 Å². The molecule has 6 rings (SSSR count). The smallest absolute Gasteiger partial charge is 0.407 e. The second kappa shape index (κ2) is 9.51. The average molecular weight is 507 g/mol. The lowest BCUT2D eigenvalue weighted by molar-refractivity contribution is 0.113. The van der Waals surface area contributed by atoms with Crippen molar-refractivity contribution in [2.24, 2.45) is 5.92 Å². The largest absolute Gasteiger partial charge is 0.488 e. The maximum Gasteiger partial charge on any atom is 0.407 e. The molecule has 0 saturated carbocycles. The van der Waals surface area contributed by atoms with Crippen molar-refractivity contribution in [2.45, 2.75) is 25.9 Å². The van der Waals surface area contributed by atoms with Crippen LogP contribution in [-0.2, 0) is 15.9 Å². The number of hydrogen-bond donors (Lipinski definition) is 1. The second-order valence-corrected chi connectivity index (χ2v) is 10.2. The molecule has 4 aromatic rings. The summed E-state index contributed by atoms with van der Waals surface area (Å²) in [6.07, 6.45) is 2.67. The molecule has 9 nitrogen and oxygen atoms in total. The van der Waals surface area contributed by atoms with E-state index in [1.165, 1.54) is 0 Å². The van der Waals surface area contributed by atoms with Crippen LogP contribution in [0.25, 0.3) is 31.8 Å². The van der Waals surface area contributed by atoms with Gasteiger partial charge in [0.05, 0.1) is 54.3 Å². The maximum absolute atomic E-state index is 12.1. The van der Waals surface area contributed by atoms with Gasteiger partial charge in [-0.05, 0) is 43.2 Å². The third-order valence-electron chi connectivity index (χ3n) is 6.50. The molecule has 2 atom stereocenters. The number of nitrogens with one attached hydrogen (secondary N) is 1. The van der Waals surface area contributed by atoms with Crippen molar-refractivity contribution in [1.29, 1.82) is 0 Å². The number of benzene rings is 2. The van der Waals surface area contributed by atoms with Gasteiger partial charge in [-0.15, -0.1) is 11.3 Å². The van der Waals surface area contributed by atoms with Crippen molar-refractivity contribution in [3.63, 3.8) is 0 Å². The SMILES string of the molecule is COc1cnc2c(-c3nc4ccc5c(c4s3)C[C@@H](CNC(=O)OCC3CCOC3)O5)cc(C)cc2n1. The third kappa shape index (κ3) is 4.42. The molecular formula is C26H26N4O5S. The zero-order chi connectivity index (χ0) is 24.6. The topological polar surface area (TPSA) is 105 Å². The average Bonchev–Trinajstić information content (AvgIpc) is 3.64. The number of aromatic nitrogens is 3. The van der Waals surface area contributed by atoms with Crippen LogP contribution in [0.2, 0.25) is 0 Å². The number of hydrogen-bond acceptors (Lipinski definition) is 9. The van der Waals surface area contributed by atoms with Gasteiger partial charge >= 0.3 is 6.09 Å². The summed E-state index contributed by atoms with van der Waals surface area (Å²) in [5, 5.41) is 3.72. The summed E-state index contributed by atoms with van der Waals surface area (Å²) in [6.45, 7) is 4.18. The summed E-state index contributed by atoms with van der Waals surface area (Å²) in [5.74, 6) is 1.60. The lowest BCUT2D eigenvalue weighted by atomic mass is 10.1. The van der Waals surface area contributed by atoms with Crippen LogP contribution in [0.1, 0.15) is 17.5 Å². The van der Waals surface area contributed by atoms with Gasteiger partial charge in [0.25, 0.3) is 0 Å². The van der Waals surface area contributed by atoms with E-state index in [-0.39, 0.29) is 12.0 Å². The van der Waals surface area contributed by atoms with Crippen LogP contribution in [-0.4, -0.2) is 60.6 Å². The monoisotopic (exact) mass is 506 g/mol. The fourth-order valence-corrected chi connectivity index (χ4v) is 5.80. The van der Waals surface area contributed by atoms with E-state index in [0.29, 0.717) is 32.1 Å². The Balaban J connectivity index is 1.20. The molecule has 2 aromatic carbocycles. The number of methoxy groups -OCH3 is 1. The molecule has 0 aliphatic carbocycles. The lowest BCUT2D eigenvalue weighted by Gasteiger charge is -2.13. The zero-order valence-corrected chi connectivity index (χ0v) is 20.9. The number of alkyl carbamates (subject to hydrolysis) is 1. The first kappa shape index (κ1) is 22.9. The molecule has 0 spiro atoms. The molecule has 1 N–H and O–H groups in total. The summed E-state index contributed by atoms with van der Waals surface area (Å²) in [4.78, 5) is 26.2. The summed E-state index contributed by atoms with van der Waals surface area (Å²) >= 11 is 1.62. The Bertz CT molecular complexity index is 1450. The van der Waals surface area contributed by atoms with Gasteiger partial charge in [0.15, 0.2) is 0 Å². The Hall–Kier alpha value is -3.50. The number of rotatable bonds is 6. The minimum Gasteiger partial charge on any atom is -0.488 e. The summed E-state index contributed by atoms with van der Waals surface area (Å²) in [5.41, 5.74) is 5.62. The van der Waals surface area contributed by atoms with Gasteiger partial charge < -0.3 is 24.3 Å². The van der Waals surface area contributed by atoms with Gasteiger partial charge in [0.2, 0.25) is 5.88 Å². The van der Waals surface area contributed by atoms with Crippen LogP contribution in [0.5, 0.6) is 11.6 Å². The van der Waals surface area contributed by atoms with Gasteiger partial charge in [-0.25, -0.2) is 19.7 Å². The van der Waals surface area contributed by atoms with E-state index in [9.17, 15) is 4.79 Å². The van der Waals surface area contributed by atoms with Gasteiger partial charge in [0, 0.05) is 30.1 Å². The minimum atomic E-state index is -0.421. The van der Waals surface area contributed by atoms with Gasteiger partial charge in [-0.3, -0.25) is 0 Å². The molecule has 1 unspecified atom stereocenters. The quantitative estimate of drug-likeness (QED) is 0.413. The number of aryl methyl sites for hydroxylation is 1. The van der Waals surface area contributed by atoms with E-state index in [0.717, 1.165) is 61.7 Å². The molecular weight excluding hydrogens is 480 g/mol. The summed E-state index contributed by atoms with van der Waals surface area (Å²) < 4.78 is 23.1. The fourth-order valence-electron chi connectivity index (χ4n) is 4.68. The molecule has 2 aliphatic heterocycles. The van der Waals surface area contributed by atoms with Crippen molar-refractivity contribution in [3.05, 3.63) is 41.6 Å². The molecule has 0 bridgehead atoms. The van der Waals surface area contributed by atoms with Gasteiger partial charge in [-0.2, -0.15) is 0 Å². The van der Waals surface area contributed by atoms with Gasteiger partial charge in [-0.1, -0.05) is 0 Å². The van der Waals surface area contributed by atoms with E-state index in [4.69, 9.17) is 23.9 Å². The van der Waals surface area contributed by atoms with Gasteiger partial charge in [0.1, 0.15) is 16.9 Å². The fraction of sp³-hybridized carbons (Fsp3) is 0.385. The molecule has 1 amide bonds. The number of nitrogens with zero attached hydrogens (tertiary/aromatic N) is 3. The lowest BCUT2D eigenvalue weighted by Crippen LogP contribution is -2.35. The summed E-state index contributed by atoms with van der Waals surface area (Å²) in [6, 6.07) is 8.03. The first-order valence-electron chi connectivity index (χ1n) is 12.0. The van der Waals surface area contributed by atoms with E-state index in [1.807, 2.05) is 25.1 Å². The Kier molecular flexibility index (Phi) is 6.06. The molecule has 4 heterocycles. The summed E-state index contributed by atoms with van der Waals surface area (Å²) in [7, 11) is 1.58. The second-order valence-electron chi connectivity index (χ2n) is 9.16. The number of thiazole rings is 1. The Morgan fingerprint density at radius 3 is 3.00 bits per heavy atom. The number of ether oxygens (including phenoxy) is 4. The van der Waals surface area contributed by atoms with Crippen molar-refractivity contribution < 1.29 is 23.7 Å². The van der Waals surface area contributed by atoms with Crippen LogP contribution < -0.4 is 14.8 Å². The highest BCUT2D eigenvalue weighted by molar-refractivity contribution is 7.22. The highest BCUT2D eigenvalue weighted by Crippen LogP contribution is 2.41. The Morgan fingerprint density at radius 2 is 2.17 bits per heavy atom. The molecule has 36 heavy (non-hydrogen) atoms. The standard InChI is InChI=1S/C26H26N4O5S/c1-14-7-18(23-20(8-14)29-22(32-2)11-27-23)25-30-19-3-4-21-17(24(19)36-25)9-16(35-21)10-28-26(31)34-13-15-5-6-33-12-15/h3-4,7-8,11,15-16H,5-6,9-10,12-13H2,1-2H3,(H,28,31)/t15?,16-/m0/s1. The van der Waals surface area contributed by atoms with E-state index in [1.54, 1.807) is 24.6 Å². The number of fused-ring (bicyclic) bond motifs is 4. The van der Waals surface area contributed by atoms with Crippen molar-refractivity contribution in [3.8, 4) is 22.2 Å². The molecule has 10 heteroatoms. The first-order valence-corrected chi connectivity index (χ1v) is 12.8. The number of amides is 1. The highest BCUT2D eigenvalue weighted by atomic mass is 32.1. The number of carbonyl (C=O) groups is 1. The molecule has 1 saturated heterocycles. The normalized spacial score (nSPS) is 18.8. The third-order valence-corrected chi connectivity index (χ3v) is 7.66. The maximum atomic E-state index is 12.1. The highest BCUT2D eigenvalue weighted by Gasteiger charge is 2.27. The predicted molar refractivity (Wildman–Crippen MR) is 136 cm³/mol. The molecule has 186 valence electrons. The Labute approximate surface area is 211 Å². The van der Waals surface area contributed by atoms with E-state index >= 15 is 0 Å². The zero-order valence-electron chi connectivity index (χ0n) is 20.1. The first-order chi connectivity index (χ1) is 17.6. The number of carbonyl (C=O) groups excluding carboxylic acids is 1. The van der Waals surface area contributed by atoms with Crippen LogP contribution in [0.3, 0.4) is 0 Å².